The quantitative estimate of drug-likeness (QED) is 0.810. The van der Waals surface area contributed by atoms with Crippen molar-refractivity contribution in [1.29, 1.82) is 0 Å². The molecular formula is C15H26F2N2O2. The zero-order valence-electron chi connectivity index (χ0n) is 13.1. The van der Waals surface area contributed by atoms with Gasteiger partial charge in [-0.2, -0.15) is 0 Å². The van der Waals surface area contributed by atoms with E-state index in [9.17, 15) is 13.6 Å². The lowest BCUT2D eigenvalue weighted by atomic mass is 9.65. The van der Waals surface area contributed by atoms with E-state index in [-0.39, 0.29) is 11.5 Å². The summed E-state index contributed by atoms with van der Waals surface area (Å²) in [5, 5.41) is 3.07. The number of hydrogen-bond donors (Lipinski definition) is 1. The molecule has 4 nitrogen and oxygen atoms in total. The lowest BCUT2D eigenvalue weighted by Gasteiger charge is -2.49. The van der Waals surface area contributed by atoms with Gasteiger partial charge in [-0.3, -0.25) is 0 Å². The Morgan fingerprint density at radius 1 is 1.29 bits per heavy atom. The van der Waals surface area contributed by atoms with Gasteiger partial charge in [-0.25, -0.2) is 13.6 Å². The van der Waals surface area contributed by atoms with E-state index in [0.29, 0.717) is 32.5 Å². The van der Waals surface area contributed by atoms with Crippen LogP contribution in [-0.4, -0.2) is 49.2 Å². The van der Waals surface area contributed by atoms with E-state index in [1.807, 2.05) is 20.8 Å². The third kappa shape index (κ3) is 3.84. The minimum absolute atomic E-state index is 0.321. The highest BCUT2D eigenvalue weighted by molar-refractivity contribution is 5.68. The van der Waals surface area contributed by atoms with E-state index < -0.39 is 17.9 Å². The number of hydrogen-bond acceptors (Lipinski definition) is 3. The third-order valence-corrected chi connectivity index (χ3v) is 4.67. The Labute approximate surface area is 125 Å². The summed E-state index contributed by atoms with van der Waals surface area (Å²) in [7, 11) is 0. The van der Waals surface area contributed by atoms with Crippen LogP contribution in [0.2, 0.25) is 0 Å². The highest BCUT2D eigenvalue weighted by atomic mass is 19.3. The fourth-order valence-electron chi connectivity index (χ4n) is 3.44. The Kier molecular flexibility index (Phi) is 4.76. The van der Waals surface area contributed by atoms with Crippen molar-refractivity contribution in [3.05, 3.63) is 0 Å². The van der Waals surface area contributed by atoms with E-state index in [1.54, 1.807) is 4.90 Å². The molecule has 0 saturated carbocycles. The molecule has 0 bridgehead atoms. The Morgan fingerprint density at radius 3 is 2.43 bits per heavy atom. The standard InChI is InChI=1S/C15H26F2N2O2/c1-14(2,3)21-13(20)19-8-5-15(6-9-19)4-7-18-10-11(15)12(16)17/h11-12,18H,4-10H2,1-3H3. The first-order chi connectivity index (χ1) is 9.73. The van der Waals surface area contributed by atoms with Crippen LogP contribution in [0.4, 0.5) is 13.6 Å². The van der Waals surface area contributed by atoms with Crippen molar-refractivity contribution < 1.29 is 18.3 Å². The molecule has 1 spiro atoms. The molecule has 0 radical (unpaired) electrons. The lowest BCUT2D eigenvalue weighted by molar-refractivity contribution is -0.0614. The average molecular weight is 304 g/mol. The van der Waals surface area contributed by atoms with Crippen LogP contribution in [0.3, 0.4) is 0 Å². The Morgan fingerprint density at radius 2 is 1.90 bits per heavy atom. The summed E-state index contributed by atoms with van der Waals surface area (Å²) in [6.45, 7) is 7.68. The number of piperidine rings is 2. The Balaban J connectivity index is 1.97. The maximum atomic E-state index is 13.3. The van der Waals surface area contributed by atoms with Crippen LogP contribution in [0.5, 0.6) is 0 Å². The summed E-state index contributed by atoms with van der Waals surface area (Å²) in [4.78, 5) is 13.7. The van der Waals surface area contributed by atoms with Crippen molar-refractivity contribution in [3.8, 4) is 0 Å². The number of rotatable bonds is 1. The zero-order chi connectivity index (χ0) is 15.7. The molecular weight excluding hydrogens is 278 g/mol. The molecule has 0 aromatic carbocycles. The first-order valence-corrected chi connectivity index (χ1v) is 7.70. The van der Waals surface area contributed by atoms with Gasteiger partial charge in [0.1, 0.15) is 5.60 Å². The van der Waals surface area contributed by atoms with Crippen LogP contribution < -0.4 is 5.32 Å². The number of nitrogens with zero attached hydrogens (tertiary/aromatic N) is 1. The molecule has 1 atom stereocenters. The maximum absolute atomic E-state index is 13.3. The van der Waals surface area contributed by atoms with Crippen LogP contribution in [0.25, 0.3) is 0 Å². The topological polar surface area (TPSA) is 41.6 Å². The normalized spacial score (nSPS) is 26.2. The molecule has 2 aliphatic heterocycles. The van der Waals surface area contributed by atoms with Crippen molar-refractivity contribution in [1.82, 2.24) is 10.2 Å². The molecule has 0 aliphatic carbocycles. The molecule has 0 aromatic rings. The van der Waals surface area contributed by atoms with Gasteiger partial charge in [-0.15, -0.1) is 0 Å². The van der Waals surface area contributed by atoms with E-state index in [2.05, 4.69) is 5.32 Å². The SMILES string of the molecule is CC(C)(C)OC(=O)N1CCC2(CCNCC2C(F)F)CC1. The van der Waals surface area contributed by atoms with Crippen molar-refractivity contribution in [2.75, 3.05) is 26.2 Å². The molecule has 2 saturated heterocycles. The largest absolute Gasteiger partial charge is 0.444 e. The maximum Gasteiger partial charge on any atom is 0.410 e. The van der Waals surface area contributed by atoms with E-state index in [0.717, 1.165) is 13.0 Å². The number of halogens is 2. The molecule has 6 heteroatoms. The van der Waals surface area contributed by atoms with E-state index >= 15 is 0 Å². The molecule has 1 unspecified atom stereocenters. The first-order valence-electron chi connectivity index (χ1n) is 7.70. The summed E-state index contributed by atoms with van der Waals surface area (Å²) >= 11 is 0. The second kappa shape index (κ2) is 6.07. The highest BCUT2D eigenvalue weighted by Crippen LogP contribution is 2.46. The molecule has 1 N–H and O–H groups in total. The number of nitrogens with one attached hydrogen (secondary N) is 1. The van der Waals surface area contributed by atoms with Crippen molar-refractivity contribution in [3.63, 3.8) is 0 Å². The lowest BCUT2D eigenvalue weighted by Crippen LogP contribution is -2.54. The third-order valence-electron chi connectivity index (χ3n) is 4.67. The van der Waals surface area contributed by atoms with Crippen LogP contribution in [0.1, 0.15) is 40.0 Å². The molecule has 2 heterocycles. The number of alkyl halides is 2. The second-order valence-corrected chi connectivity index (χ2v) is 7.22. The fourth-order valence-corrected chi connectivity index (χ4v) is 3.44. The smallest absolute Gasteiger partial charge is 0.410 e. The van der Waals surface area contributed by atoms with Crippen molar-refractivity contribution in [2.24, 2.45) is 11.3 Å². The molecule has 122 valence electrons. The van der Waals surface area contributed by atoms with Crippen LogP contribution in [0, 0.1) is 11.3 Å². The minimum Gasteiger partial charge on any atom is -0.444 e. The van der Waals surface area contributed by atoms with Crippen molar-refractivity contribution >= 4 is 6.09 Å². The summed E-state index contributed by atoms with van der Waals surface area (Å²) in [5.74, 6) is -0.605. The summed E-state index contributed by atoms with van der Waals surface area (Å²) in [6, 6.07) is 0. The predicted molar refractivity (Wildman–Crippen MR) is 76.5 cm³/mol. The monoisotopic (exact) mass is 304 g/mol. The summed E-state index contributed by atoms with van der Waals surface area (Å²) in [6.07, 6.45) is -0.582. The average Bonchev–Trinajstić information content (AvgIpc) is 2.37. The summed E-state index contributed by atoms with van der Waals surface area (Å²) < 4.78 is 31.9. The van der Waals surface area contributed by atoms with Gasteiger partial charge in [-0.05, 0) is 52.0 Å². The van der Waals surface area contributed by atoms with Gasteiger partial charge in [0.25, 0.3) is 0 Å². The molecule has 2 aliphatic rings. The fraction of sp³-hybridized carbons (Fsp3) is 0.933. The van der Waals surface area contributed by atoms with E-state index in [4.69, 9.17) is 4.74 Å². The summed E-state index contributed by atoms with van der Waals surface area (Å²) in [5.41, 5.74) is -0.843. The highest BCUT2D eigenvalue weighted by Gasteiger charge is 2.47. The van der Waals surface area contributed by atoms with Gasteiger partial charge in [-0.1, -0.05) is 0 Å². The minimum atomic E-state index is -2.30. The molecule has 21 heavy (non-hydrogen) atoms. The Bertz CT molecular complexity index is 374. The van der Waals surface area contributed by atoms with Gasteiger partial charge in [0.2, 0.25) is 6.43 Å². The van der Waals surface area contributed by atoms with Crippen LogP contribution >= 0.6 is 0 Å². The number of amides is 1. The Hall–Kier alpha value is -0.910. The van der Waals surface area contributed by atoms with Gasteiger partial charge in [0, 0.05) is 25.6 Å². The van der Waals surface area contributed by atoms with Crippen LogP contribution in [-0.2, 0) is 4.74 Å². The molecule has 0 aromatic heterocycles. The number of carbonyl (C=O) groups excluding carboxylic acids is 1. The zero-order valence-corrected chi connectivity index (χ0v) is 13.1. The van der Waals surface area contributed by atoms with Gasteiger partial charge in [0.15, 0.2) is 0 Å². The molecule has 2 rings (SSSR count). The van der Waals surface area contributed by atoms with Crippen LogP contribution in [0.15, 0.2) is 0 Å². The number of likely N-dealkylation sites (tertiary alicyclic amines) is 1. The van der Waals surface area contributed by atoms with Gasteiger partial charge < -0.3 is 15.0 Å². The van der Waals surface area contributed by atoms with Gasteiger partial charge in [0.05, 0.1) is 0 Å². The number of ether oxygens (including phenoxy) is 1. The van der Waals surface area contributed by atoms with Gasteiger partial charge >= 0.3 is 6.09 Å². The molecule has 2 fully saturated rings. The number of carbonyl (C=O) groups is 1. The predicted octanol–water partition coefficient (Wildman–Crippen LogP) is 2.88. The van der Waals surface area contributed by atoms with Crippen molar-refractivity contribution in [2.45, 2.75) is 52.1 Å². The molecule has 1 amide bonds. The second-order valence-electron chi connectivity index (χ2n) is 7.22. The first kappa shape index (κ1) is 16.5. The van der Waals surface area contributed by atoms with E-state index in [1.165, 1.54) is 0 Å².